The van der Waals surface area contributed by atoms with Crippen molar-refractivity contribution in [3.63, 3.8) is 0 Å². The van der Waals surface area contributed by atoms with E-state index in [1.807, 2.05) is 24.3 Å². The summed E-state index contributed by atoms with van der Waals surface area (Å²) in [5.41, 5.74) is 3.26. The third kappa shape index (κ3) is 9.39. The van der Waals surface area contributed by atoms with Crippen molar-refractivity contribution in [3.05, 3.63) is 94.6 Å². The van der Waals surface area contributed by atoms with E-state index >= 15 is 4.39 Å². The summed E-state index contributed by atoms with van der Waals surface area (Å²) in [5, 5.41) is 21.4. The second-order valence-electron chi connectivity index (χ2n) is 11.6. The standard InChI is InChI=1S/C34H38FN5O3S.CH3B/c1-34(2,12-8-24(33(36)38-4)22-7-5-6-21(16-22)17-30(41)42)20-44-15-11-26-25-10-14-39-28(25)19-27(35)31(26)32(43)23-9-13-40-29(18-23)37-3;1-2/h5-7,9-10,13-14,16,18-19,24,36,39H,4,8,11-12,15,17,20H2,1-3H3,(H,37,40)(H,41,42);1H3. The Hall–Kier alpha value is -4.25. The number of aryl methyl sites for hydroxylation is 1. The van der Waals surface area contributed by atoms with E-state index in [4.69, 9.17) is 5.41 Å². The van der Waals surface area contributed by atoms with Crippen LogP contribution in [0.3, 0.4) is 0 Å². The number of amidine groups is 1. The fraction of sp³-hybridized carbons (Fsp3) is 0.343. The van der Waals surface area contributed by atoms with Gasteiger partial charge in [-0.15, -0.1) is 0 Å². The Balaban J connectivity index is 0.00000282. The van der Waals surface area contributed by atoms with Crippen molar-refractivity contribution in [3.8, 4) is 0 Å². The smallest absolute Gasteiger partial charge is 0.307 e. The molecule has 0 amide bonds. The van der Waals surface area contributed by atoms with Crippen molar-refractivity contribution in [2.45, 2.75) is 52.3 Å². The lowest BCUT2D eigenvalue weighted by Gasteiger charge is -2.27. The van der Waals surface area contributed by atoms with Gasteiger partial charge >= 0.3 is 5.97 Å². The molecule has 2 heterocycles. The molecule has 46 heavy (non-hydrogen) atoms. The van der Waals surface area contributed by atoms with E-state index < -0.39 is 11.8 Å². The molecular weight excluding hydrogens is 600 g/mol. The van der Waals surface area contributed by atoms with Crippen LogP contribution in [0.1, 0.15) is 65.2 Å². The number of hydrogen-bond donors (Lipinski definition) is 4. The van der Waals surface area contributed by atoms with Crippen LogP contribution in [-0.2, 0) is 17.6 Å². The Kier molecular flexibility index (Phi) is 13.3. The number of nitrogens with zero attached hydrogens (tertiary/aromatic N) is 2. The number of carboxylic acid groups (broad SMARTS) is 1. The van der Waals surface area contributed by atoms with E-state index in [1.54, 1.807) is 43.2 Å². The minimum absolute atomic E-state index is 0.0786. The van der Waals surface area contributed by atoms with E-state index in [0.29, 0.717) is 46.6 Å². The third-order valence-electron chi connectivity index (χ3n) is 7.73. The molecule has 1 unspecified atom stereocenters. The first kappa shape index (κ1) is 36.2. The number of ketones is 1. The van der Waals surface area contributed by atoms with Crippen molar-refractivity contribution in [2.24, 2.45) is 10.4 Å². The van der Waals surface area contributed by atoms with Crippen LogP contribution in [0.4, 0.5) is 10.2 Å². The number of aliphatic carboxylic acids is 1. The summed E-state index contributed by atoms with van der Waals surface area (Å²) in [6, 6.07) is 13.8. The normalized spacial score (nSPS) is 11.8. The number of carbonyl (C=O) groups excluding carboxylic acids is 1. The summed E-state index contributed by atoms with van der Waals surface area (Å²) < 4.78 is 15.4. The first-order valence-corrected chi connectivity index (χ1v) is 16.2. The summed E-state index contributed by atoms with van der Waals surface area (Å²) in [7, 11) is 6.22. The van der Waals surface area contributed by atoms with Crippen LogP contribution in [0.25, 0.3) is 10.9 Å². The Bertz CT molecular complexity index is 1690. The number of anilines is 1. The van der Waals surface area contributed by atoms with Gasteiger partial charge in [0, 0.05) is 41.8 Å². The molecule has 0 aliphatic heterocycles. The van der Waals surface area contributed by atoms with Gasteiger partial charge < -0.3 is 15.4 Å². The first-order chi connectivity index (χ1) is 22.0. The van der Waals surface area contributed by atoms with Crippen molar-refractivity contribution >= 4 is 60.6 Å². The zero-order valence-corrected chi connectivity index (χ0v) is 27.6. The minimum Gasteiger partial charge on any atom is -0.481 e. The lowest BCUT2D eigenvalue weighted by Crippen LogP contribution is -2.19. The number of aliphatic imine (C=N–C) groups is 1. The number of hydrogen-bond acceptors (Lipinski definition) is 6. The fourth-order valence-corrected chi connectivity index (χ4v) is 6.59. The van der Waals surface area contributed by atoms with Gasteiger partial charge in [0.1, 0.15) is 17.5 Å². The predicted octanol–water partition coefficient (Wildman–Crippen LogP) is 7.35. The molecule has 0 aliphatic carbocycles. The summed E-state index contributed by atoms with van der Waals surface area (Å²) in [6.07, 6.45) is 5.19. The first-order valence-electron chi connectivity index (χ1n) is 15.0. The van der Waals surface area contributed by atoms with E-state index in [1.165, 1.54) is 19.1 Å². The largest absolute Gasteiger partial charge is 0.481 e. The molecule has 0 fully saturated rings. The van der Waals surface area contributed by atoms with Crippen LogP contribution < -0.4 is 5.32 Å². The number of fused-ring (bicyclic) bond motifs is 1. The highest BCUT2D eigenvalue weighted by atomic mass is 32.2. The maximum absolute atomic E-state index is 15.4. The number of benzene rings is 2. The van der Waals surface area contributed by atoms with E-state index in [-0.39, 0.29) is 34.9 Å². The quantitative estimate of drug-likeness (QED) is 0.0353. The van der Waals surface area contributed by atoms with Gasteiger partial charge in [0.2, 0.25) is 0 Å². The number of pyridine rings is 1. The molecule has 2 aromatic carbocycles. The monoisotopic (exact) mass is 641 g/mol. The average molecular weight is 642 g/mol. The number of H-pyrrole nitrogens is 1. The number of carboxylic acids is 1. The molecule has 0 saturated carbocycles. The van der Waals surface area contributed by atoms with Crippen molar-refractivity contribution in [2.75, 3.05) is 23.9 Å². The molecule has 240 valence electrons. The second-order valence-corrected chi connectivity index (χ2v) is 12.7. The lowest BCUT2D eigenvalue weighted by atomic mass is 9.83. The highest BCUT2D eigenvalue weighted by Gasteiger charge is 2.25. The topological polar surface area (TPSA) is 131 Å². The van der Waals surface area contributed by atoms with E-state index in [2.05, 4.69) is 48.7 Å². The minimum atomic E-state index is -0.902. The molecule has 4 aromatic rings. The van der Waals surface area contributed by atoms with Gasteiger partial charge in [0.05, 0.1) is 19.8 Å². The number of rotatable bonds is 15. The highest BCUT2D eigenvalue weighted by molar-refractivity contribution is 7.99. The fourth-order valence-electron chi connectivity index (χ4n) is 5.40. The number of nitrogens with one attached hydrogen (secondary N) is 3. The van der Waals surface area contributed by atoms with Gasteiger partial charge in [0.25, 0.3) is 0 Å². The molecule has 0 saturated heterocycles. The molecule has 8 nitrogen and oxygen atoms in total. The molecule has 1 atom stereocenters. The predicted molar refractivity (Wildman–Crippen MR) is 189 cm³/mol. The van der Waals surface area contributed by atoms with Crippen molar-refractivity contribution in [1.29, 1.82) is 5.41 Å². The Morgan fingerprint density at radius 2 is 1.98 bits per heavy atom. The number of thioether (sulfide) groups is 1. The maximum atomic E-state index is 15.4. The summed E-state index contributed by atoms with van der Waals surface area (Å²) in [4.78, 5) is 35.9. The molecule has 0 bridgehead atoms. The van der Waals surface area contributed by atoms with Gasteiger partial charge in [-0.2, -0.15) is 11.8 Å². The highest BCUT2D eigenvalue weighted by Crippen LogP contribution is 2.34. The zero-order valence-electron chi connectivity index (χ0n) is 26.8. The number of halogens is 1. The van der Waals surface area contributed by atoms with Gasteiger partial charge in [-0.05, 0) is 83.9 Å². The summed E-state index contributed by atoms with van der Waals surface area (Å²) in [5.74, 6) is 0.0925. The Morgan fingerprint density at radius 3 is 2.67 bits per heavy atom. The van der Waals surface area contributed by atoms with Crippen molar-refractivity contribution in [1.82, 2.24) is 9.97 Å². The summed E-state index contributed by atoms with van der Waals surface area (Å²) >= 11 is 1.75. The number of aromatic nitrogens is 2. The molecule has 11 heteroatoms. The number of aromatic amines is 1. The zero-order chi connectivity index (χ0) is 33.9. The van der Waals surface area contributed by atoms with Crippen LogP contribution in [-0.4, -0.2) is 65.8 Å². The molecule has 0 aliphatic rings. The van der Waals surface area contributed by atoms with Crippen LogP contribution in [0, 0.1) is 16.6 Å². The average Bonchev–Trinajstić information content (AvgIpc) is 3.51. The molecule has 4 rings (SSSR count). The van der Waals surface area contributed by atoms with Gasteiger partial charge in [-0.1, -0.05) is 44.9 Å². The Labute approximate surface area is 275 Å². The van der Waals surface area contributed by atoms with E-state index in [9.17, 15) is 14.7 Å². The second kappa shape index (κ2) is 16.9. The van der Waals surface area contributed by atoms with Crippen LogP contribution >= 0.6 is 11.8 Å². The maximum Gasteiger partial charge on any atom is 0.307 e. The van der Waals surface area contributed by atoms with E-state index in [0.717, 1.165) is 23.1 Å². The molecule has 4 N–H and O–H groups in total. The number of carbonyl (C=O) groups is 2. The summed E-state index contributed by atoms with van der Waals surface area (Å²) in [6.45, 7) is 9.40. The lowest BCUT2D eigenvalue weighted by molar-refractivity contribution is -0.136. The molecule has 0 spiro atoms. The molecular formula is C35H41BFN5O3S. The molecule has 2 aromatic heterocycles. The Morgan fingerprint density at radius 1 is 1.22 bits per heavy atom. The van der Waals surface area contributed by atoms with Crippen molar-refractivity contribution < 1.29 is 19.1 Å². The SMILES string of the molecule is C=NC(=N)C(CCC(C)(C)CSCCc1c(C(=O)c2ccnc(NC)c2)c(F)cc2[nH]ccc12)c1cccc(CC(=O)O)c1.[B]C. The van der Waals surface area contributed by atoms with Crippen LogP contribution in [0.2, 0.25) is 6.82 Å². The van der Waals surface area contributed by atoms with Gasteiger partial charge in [0.15, 0.2) is 5.78 Å². The third-order valence-corrected chi connectivity index (χ3v) is 9.21. The molecule has 2 radical (unpaired) electrons. The van der Waals surface area contributed by atoms with Gasteiger partial charge in [-0.3, -0.25) is 15.0 Å². The van der Waals surface area contributed by atoms with Crippen LogP contribution in [0.15, 0.2) is 65.9 Å². The van der Waals surface area contributed by atoms with Crippen LogP contribution in [0.5, 0.6) is 0 Å². The van der Waals surface area contributed by atoms with Gasteiger partial charge in [-0.25, -0.2) is 14.4 Å².